The van der Waals surface area contributed by atoms with E-state index in [0.29, 0.717) is 6.54 Å². The number of carbonyl (C=O) groups is 1. The summed E-state index contributed by atoms with van der Waals surface area (Å²) in [4.78, 5) is 16.6. The molecule has 2 fully saturated rings. The van der Waals surface area contributed by atoms with Crippen molar-refractivity contribution in [3.05, 3.63) is 34.9 Å². The van der Waals surface area contributed by atoms with Crippen molar-refractivity contribution in [2.75, 3.05) is 26.2 Å². The molecule has 2 aliphatic carbocycles. The van der Waals surface area contributed by atoms with Crippen LogP contribution in [0.4, 0.5) is 0 Å². The van der Waals surface area contributed by atoms with Gasteiger partial charge >= 0.3 is 0 Å². The molecule has 3 N–H and O–H groups in total. The average molecular weight is 391 g/mol. The van der Waals surface area contributed by atoms with E-state index in [0.717, 1.165) is 62.7 Å². The van der Waals surface area contributed by atoms with Gasteiger partial charge < -0.3 is 16.0 Å². The van der Waals surface area contributed by atoms with E-state index in [1.807, 2.05) is 12.1 Å². The molecule has 0 aliphatic heterocycles. The summed E-state index contributed by atoms with van der Waals surface area (Å²) in [7, 11) is 0. The van der Waals surface area contributed by atoms with Gasteiger partial charge in [0.25, 0.3) is 0 Å². The Bertz CT molecular complexity index is 668. The summed E-state index contributed by atoms with van der Waals surface area (Å²) < 4.78 is 0. The van der Waals surface area contributed by atoms with Gasteiger partial charge in [0, 0.05) is 36.0 Å². The van der Waals surface area contributed by atoms with Gasteiger partial charge in [-0.15, -0.1) is 0 Å². The maximum Gasteiger partial charge on any atom is 0.223 e. The third-order valence-corrected chi connectivity index (χ3v) is 5.83. The molecule has 6 heteroatoms. The van der Waals surface area contributed by atoms with Crippen LogP contribution in [0.3, 0.4) is 0 Å². The Labute approximate surface area is 167 Å². The molecule has 148 valence electrons. The van der Waals surface area contributed by atoms with Crippen molar-refractivity contribution < 1.29 is 4.79 Å². The number of aliphatic imine (C=N–C) groups is 1. The van der Waals surface area contributed by atoms with E-state index in [4.69, 9.17) is 16.6 Å². The molecule has 0 radical (unpaired) electrons. The summed E-state index contributed by atoms with van der Waals surface area (Å²) >= 11 is 6.15. The van der Waals surface area contributed by atoms with Gasteiger partial charge in [0.15, 0.2) is 5.96 Å². The Morgan fingerprint density at radius 2 is 2.00 bits per heavy atom. The van der Waals surface area contributed by atoms with Crippen LogP contribution in [0.2, 0.25) is 5.02 Å². The number of rotatable bonds is 9. The number of nitrogens with one attached hydrogen (secondary N) is 3. The Morgan fingerprint density at radius 1 is 1.22 bits per heavy atom. The molecule has 0 bridgehead atoms. The lowest BCUT2D eigenvalue weighted by Gasteiger charge is -2.24. The third kappa shape index (κ3) is 5.61. The van der Waals surface area contributed by atoms with Gasteiger partial charge in [0.1, 0.15) is 0 Å². The Kier molecular flexibility index (Phi) is 7.00. The molecule has 0 saturated heterocycles. The molecule has 27 heavy (non-hydrogen) atoms. The normalized spacial score (nSPS) is 18.5. The first-order chi connectivity index (χ1) is 13.1. The van der Waals surface area contributed by atoms with Gasteiger partial charge in [0.05, 0.1) is 6.54 Å². The second-order valence-corrected chi connectivity index (χ2v) is 8.12. The molecule has 5 nitrogen and oxygen atoms in total. The summed E-state index contributed by atoms with van der Waals surface area (Å²) in [5.74, 6) is 1.33. The van der Waals surface area contributed by atoms with E-state index in [1.54, 1.807) is 0 Å². The van der Waals surface area contributed by atoms with E-state index in [-0.39, 0.29) is 17.2 Å². The van der Waals surface area contributed by atoms with Gasteiger partial charge in [-0.1, -0.05) is 30.2 Å². The lowest BCUT2D eigenvalue weighted by molar-refractivity contribution is -0.127. The number of hydrogen-bond acceptors (Lipinski definition) is 2. The minimum Gasteiger partial charge on any atom is -0.357 e. The van der Waals surface area contributed by atoms with Crippen molar-refractivity contribution in [3.63, 3.8) is 0 Å². The summed E-state index contributed by atoms with van der Waals surface area (Å²) in [5, 5.41) is 10.5. The van der Waals surface area contributed by atoms with E-state index in [9.17, 15) is 4.79 Å². The zero-order valence-corrected chi connectivity index (χ0v) is 16.9. The first kappa shape index (κ1) is 20.0. The summed E-state index contributed by atoms with van der Waals surface area (Å²) in [6.07, 6.45) is 6.50. The van der Waals surface area contributed by atoms with Gasteiger partial charge in [-0.2, -0.15) is 0 Å². The average Bonchev–Trinajstić information content (AvgIpc) is 3.39. The predicted molar refractivity (Wildman–Crippen MR) is 111 cm³/mol. The third-order valence-electron chi connectivity index (χ3n) is 5.60. The number of nitrogens with zero attached hydrogens (tertiary/aromatic N) is 1. The van der Waals surface area contributed by atoms with Crippen molar-refractivity contribution in [1.29, 1.82) is 0 Å². The van der Waals surface area contributed by atoms with Crippen molar-refractivity contribution in [2.45, 2.75) is 50.9 Å². The second-order valence-electron chi connectivity index (χ2n) is 7.69. The van der Waals surface area contributed by atoms with Crippen LogP contribution in [-0.2, 0) is 10.2 Å². The minimum absolute atomic E-state index is 0.143. The minimum atomic E-state index is 0.143. The second kappa shape index (κ2) is 9.45. The molecular formula is C21H31ClN4O. The van der Waals surface area contributed by atoms with Gasteiger partial charge in [-0.05, 0) is 56.7 Å². The summed E-state index contributed by atoms with van der Waals surface area (Å²) in [6, 6.07) is 8.15. The van der Waals surface area contributed by atoms with Crippen LogP contribution in [0.5, 0.6) is 0 Å². The van der Waals surface area contributed by atoms with Crippen LogP contribution in [0.1, 0.15) is 51.0 Å². The van der Waals surface area contributed by atoms with Gasteiger partial charge in [-0.3, -0.25) is 9.79 Å². The van der Waals surface area contributed by atoms with Crippen molar-refractivity contribution >= 4 is 23.5 Å². The first-order valence-corrected chi connectivity index (χ1v) is 10.6. The first-order valence-electron chi connectivity index (χ1n) is 10.2. The number of halogens is 1. The number of hydrogen-bond donors (Lipinski definition) is 3. The van der Waals surface area contributed by atoms with Crippen LogP contribution in [-0.4, -0.2) is 38.0 Å². The molecular weight excluding hydrogens is 360 g/mol. The fourth-order valence-corrected chi connectivity index (χ4v) is 3.59. The topological polar surface area (TPSA) is 65.5 Å². The SMILES string of the molecule is CCNC(=NCC1(c2cccc(Cl)c2)CC1)NCCCNC(=O)C1CCC1. The molecule has 2 saturated carbocycles. The largest absolute Gasteiger partial charge is 0.357 e. The van der Waals surface area contributed by atoms with Crippen LogP contribution in [0.25, 0.3) is 0 Å². The molecule has 0 heterocycles. The molecule has 3 rings (SSSR count). The highest BCUT2D eigenvalue weighted by molar-refractivity contribution is 6.30. The monoisotopic (exact) mass is 390 g/mol. The summed E-state index contributed by atoms with van der Waals surface area (Å²) in [6.45, 7) is 5.17. The molecule has 1 aromatic rings. The maximum atomic E-state index is 11.8. The van der Waals surface area contributed by atoms with Gasteiger partial charge in [-0.25, -0.2) is 0 Å². The van der Waals surface area contributed by atoms with Gasteiger partial charge in [0.2, 0.25) is 5.91 Å². The number of carbonyl (C=O) groups excluding carboxylic acids is 1. The Morgan fingerprint density at radius 3 is 2.63 bits per heavy atom. The van der Waals surface area contributed by atoms with Crippen LogP contribution in [0, 0.1) is 5.92 Å². The van der Waals surface area contributed by atoms with E-state index in [1.165, 1.54) is 12.0 Å². The smallest absolute Gasteiger partial charge is 0.223 e. The van der Waals surface area contributed by atoms with Crippen LogP contribution < -0.4 is 16.0 Å². The zero-order valence-electron chi connectivity index (χ0n) is 16.2. The van der Waals surface area contributed by atoms with E-state index < -0.39 is 0 Å². The van der Waals surface area contributed by atoms with Crippen LogP contribution in [0.15, 0.2) is 29.3 Å². The summed E-state index contributed by atoms with van der Waals surface area (Å²) in [5.41, 5.74) is 1.43. The van der Waals surface area contributed by atoms with Crippen molar-refractivity contribution in [2.24, 2.45) is 10.9 Å². The molecule has 0 spiro atoms. The maximum absolute atomic E-state index is 11.8. The molecule has 2 aliphatic rings. The number of amides is 1. The Balaban J connectivity index is 1.43. The van der Waals surface area contributed by atoms with Crippen molar-refractivity contribution in [1.82, 2.24) is 16.0 Å². The fourth-order valence-electron chi connectivity index (χ4n) is 3.40. The Hall–Kier alpha value is -1.75. The highest BCUT2D eigenvalue weighted by Gasteiger charge is 2.44. The zero-order chi connectivity index (χ0) is 19.1. The van der Waals surface area contributed by atoms with E-state index in [2.05, 4.69) is 35.0 Å². The van der Waals surface area contributed by atoms with E-state index >= 15 is 0 Å². The molecule has 0 aromatic heterocycles. The predicted octanol–water partition coefficient (Wildman–Crippen LogP) is 3.23. The quantitative estimate of drug-likeness (QED) is 0.344. The highest BCUT2D eigenvalue weighted by Crippen LogP contribution is 2.48. The molecule has 1 amide bonds. The van der Waals surface area contributed by atoms with Crippen LogP contribution >= 0.6 is 11.6 Å². The lowest BCUT2D eigenvalue weighted by Crippen LogP contribution is -2.40. The lowest BCUT2D eigenvalue weighted by atomic mass is 9.85. The standard InChI is InChI=1S/C21H31ClN4O/c1-2-23-20(25-13-5-12-24-19(27)16-6-3-7-16)26-15-21(10-11-21)17-8-4-9-18(22)14-17/h4,8-9,14,16H,2-3,5-7,10-13,15H2,1H3,(H,24,27)(H2,23,25,26). The molecule has 1 aromatic carbocycles. The number of guanidine groups is 1. The number of benzene rings is 1. The van der Waals surface area contributed by atoms with Crippen molar-refractivity contribution in [3.8, 4) is 0 Å². The molecule has 0 unspecified atom stereocenters. The highest BCUT2D eigenvalue weighted by atomic mass is 35.5. The fraction of sp³-hybridized carbons (Fsp3) is 0.619. The molecule has 0 atom stereocenters.